The molecule has 0 spiro atoms. The third-order valence-electron chi connectivity index (χ3n) is 5.44. The number of aromatic amines is 1. The molecule has 5 nitrogen and oxygen atoms in total. The maximum absolute atomic E-state index is 13.5. The molecule has 0 bridgehead atoms. The molecule has 2 heterocycles. The number of nitrogens with one attached hydrogen (secondary N) is 1. The number of halogens is 1. The fourth-order valence-corrected chi connectivity index (χ4v) is 4.33. The highest BCUT2D eigenvalue weighted by molar-refractivity contribution is 6.31. The van der Waals surface area contributed by atoms with Crippen LogP contribution >= 0.6 is 11.6 Å². The van der Waals surface area contributed by atoms with Gasteiger partial charge in [0.2, 0.25) is 0 Å². The maximum Gasteiger partial charge on any atom is 0.277 e. The maximum atomic E-state index is 13.5. The average molecular weight is 430 g/mol. The third kappa shape index (κ3) is 3.27. The number of ether oxygens (including phenoxy) is 1. The van der Waals surface area contributed by atoms with E-state index >= 15 is 0 Å². The van der Waals surface area contributed by atoms with Crippen molar-refractivity contribution in [3.8, 4) is 17.0 Å². The topological polar surface area (TPSA) is 58.2 Å². The van der Waals surface area contributed by atoms with Crippen molar-refractivity contribution in [2.24, 2.45) is 0 Å². The zero-order chi connectivity index (χ0) is 21.4. The summed E-state index contributed by atoms with van der Waals surface area (Å²) in [5, 5.41) is 8.07. The number of hydrogen-bond acceptors (Lipinski definition) is 3. The van der Waals surface area contributed by atoms with Crippen LogP contribution in [0.4, 0.5) is 5.69 Å². The fourth-order valence-electron chi connectivity index (χ4n) is 4.09. The molecule has 0 aliphatic carbocycles. The number of rotatable bonds is 5. The van der Waals surface area contributed by atoms with Crippen LogP contribution in [0.5, 0.6) is 5.75 Å². The molecule has 0 saturated carbocycles. The molecule has 1 atom stereocenters. The largest absolute Gasteiger partial charge is 0.494 e. The van der Waals surface area contributed by atoms with E-state index in [1.165, 1.54) is 0 Å². The number of anilines is 1. The quantitative estimate of drug-likeness (QED) is 0.431. The monoisotopic (exact) mass is 429 g/mol. The lowest BCUT2D eigenvalue weighted by Crippen LogP contribution is -2.29. The van der Waals surface area contributed by atoms with E-state index in [-0.39, 0.29) is 5.91 Å². The number of benzene rings is 3. The van der Waals surface area contributed by atoms with Crippen molar-refractivity contribution in [2.75, 3.05) is 11.5 Å². The summed E-state index contributed by atoms with van der Waals surface area (Å²) in [7, 11) is 0. The fraction of sp³-hybridized carbons (Fsp3) is 0.120. The number of nitrogens with zero attached hydrogens (tertiary/aromatic N) is 2. The molecule has 6 heteroatoms. The van der Waals surface area contributed by atoms with Gasteiger partial charge in [0.25, 0.3) is 5.91 Å². The van der Waals surface area contributed by atoms with Gasteiger partial charge in [0.05, 0.1) is 18.3 Å². The van der Waals surface area contributed by atoms with Crippen molar-refractivity contribution < 1.29 is 9.53 Å². The van der Waals surface area contributed by atoms with Gasteiger partial charge in [-0.05, 0) is 42.8 Å². The Morgan fingerprint density at radius 1 is 1.00 bits per heavy atom. The summed E-state index contributed by atoms with van der Waals surface area (Å²) < 4.78 is 5.56. The van der Waals surface area contributed by atoms with E-state index in [4.69, 9.17) is 16.3 Å². The van der Waals surface area contributed by atoms with Crippen molar-refractivity contribution in [3.05, 3.63) is 101 Å². The number of carbonyl (C=O) groups excluding carboxylic acids is 1. The van der Waals surface area contributed by atoms with Crippen molar-refractivity contribution in [3.63, 3.8) is 0 Å². The van der Waals surface area contributed by atoms with Gasteiger partial charge in [-0.15, -0.1) is 0 Å². The summed E-state index contributed by atoms with van der Waals surface area (Å²) in [5.41, 5.74) is 4.63. The van der Waals surface area contributed by atoms with Crippen LogP contribution in [0.25, 0.3) is 11.3 Å². The van der Waals surface area contributed by atoms with Gasteiger partial charge in [0.1, 0.15) is 11.4 Å². The summed E-state index contributed by atoms with van der Waals surface area (Å²) in [6.07, 6.45) is 0. The molecule has 4 aromatic rings. The Labute approximate surface area is 185 Å². The van der Waals surface area contributed by atoms with Crippen molar-refractivity contribution in [1.82, 2.24) is 10.2 Å². The first-order valence-electron chi connectivity index (χ1n) is 10.1. The van der Waals surface area contributed by atoms with Crippen LogP contribution in [0, 0.1) is 0 Å². The number of fused-ring (bicyclic) bond motifs is 1. The van der Waals surface area contributed by atoms with Gasteiger partial charge in [-0.3, -0.25) is 14.8 Å². The van der Waals surface area contributed by atoms with Gasteiger partial charge in [0, 0.05) is 21.8 Å². The number of H-pyrrole nitrogens is 1. The molecule has 1 aliphatic heterocycles. The van der Waals surface area contributed by atoms with Crippen molar-refractivity contribution >= 4 is 23.2 Å². The molecule has 1 aliphatic rings. The highest BCUT2D eigenvalue weighted by atomic mass is 35.5. The second kappa shape index (κ2) is 7.93. The van der Waals surface area contributed by atoms with Crippen LogP contribution in [0.1, 0.15) is 34.6 Å². The molecular formula is C25H20ClN3O2. The van der Waals surface area contributed by atoms with Gasteiger partial charge in [-0.25, -0.2) is 0 Å². The number of aromatic nitrogens is 2. The second-order valence-corrected chi connectivity index (χ2v) is 7.66. The van der Waals surface area contributed by atoms with E-state index in [9.17, 15) is 4.79 Å². The summed E-state index contributed by atoms with van der Waals surface area (Å²) in [5.74, 6) is 0.621. The first kappa shape index (κ1) is 19.4. The lowest BCUT2D eigenvalue weighted by Gasteiger charge is -2.27. The molecule has 1 amide bonds. The highest BCUT2D eigenvalue weighted by Crippen LogP contribution is 2.46. The van der Waals surface area contributed by atoms with E-state index < -0.39 is 6.04 Å². The SMILES string of the molecule is CCOc1ccc(N2C(=O)c3[nH]nc(-c4ccccc4)c3[C@H]2c2ccccc2Cl)cc1. The summed E-state index contributed by atoms with van der Waals surface area (Å²) in [6.45, 7) is 2.52. The van der Waals surface area contributed by atoms with Crippen LogP contribution < -0.4 is 9.64 Å². The zero-order valence-electron chi connectivity index (χ0n) is 16.9. The molecule has 0 fully saturated rings. The van der Waals surface area contributed by atoms with Gasteiger partial charge in [-0.2, -0.15) is 5.10 Å². The second-order valence-electron chi connectivity index (χ2n) is 7.25. The molecule has 0 saturated heterocycles. The highest BCUT2D eigenvalue weighted by Gasteiger charge is 2.43. The van der Waals surface area contributed by atoms with Crippen molar-refractivity contribution in [1.29, 1.82) is 0 Å². The van der Waals surface area contributed by atoms with Gasteiger partial charge in [-0.1, -0.05) is 60.1 Å². The van der Waals surface area contributed by atoms with E-state index in [1.807, 2.05) is 85.8 Å². The molecular weight excluding hydrogens is 410 g/mol. The van der Waals surface area contributed by atoms with Crippen LogP contribution in [0.2, 0.25) is 5.02 Å². The number of carbonyl (C=O) groups is 1. The predicted octanol–water partition coefficient (Wildman–Crippen LogP) is 5.88. The van der Waals surface area contributed by atoms with Crippen LogP contribution in [0.15, 0.2) is 78.9 Å². The number of amides is 1. The van der Waals surface area contributed by atoms with Crippen molar-refractivity contribution in [2.45, 2.75) is 13.0 Å². The van der Waals surface area contributed by atoms with Gasteiger partial charge in [0.15, 0.2) is 0 Å². The van der Waals surface area contributed by atoms with E-state index in [0.29, 0.717) is 17.3 Å². The minimum absolute atomic E-state index is 0.140. The van der Waals surface area contributed by atoms with Crippen LogP contribution in [-0.2, 0) is 0 Å². The van der Waals surface area contributed by atoms with E-state index in [0.717, 1.165) is 33.8 Å². The van der Waals surface area contributed by atoms with E-state index in [1.54, 1.807) is 4.90 Å². The number of hydrogen-bond donors (Lipinski definition) is 1. The molecule has 0 radical (unpaired) electrons. The average Bonchev–Trinajstić information content (AvgIpc) is 3.35. The lowest BCUT2D eigenvalue weighted by molar-refractivity contribution is 0.0988. The molecule has 0 unspecified atom stereocenters. The minimum atomic E-state index is -0.400. The normalized spacial score (nSPS) is 15.2. The molecule has 5 rings (SSSR count). The molecule has 1 aromatic heterocycles. The third-order valence-corrected chi connectivity index (χ3v) is 5.79. The Bertz CT molecular complexity index is 1240. The Morgan fingerprint density at radius 2 is 1.71 bits per heavy atom. The first-order valence-corrected chi connectivity index (χ1v) is 10.5. The van der Waals surface area contributed by atoms with Crippen LogP contribution in [0.3, 0.4) is 0 Å². The van der Waals surface area contributed by atoms with Gasteiger partial charge < -0.3 is 4.74 Å². The minimum Gasteiger partial charge on any atom is -0.494 e. The lowest BCUT2D eigenvalue weighted by atomic mass is 9.96. The summed E-state index contributed by atoms with van der Waals surface area (Å²) >= 11 is 6.61. The smallest absolute Gasteiger partial charge is 0.277 e. The van der Waals surface area contributed by atoms with E-state index in [2.05, 4.69) is 10.2 Å². The standard InChI is InChI=1S/C25H20ClN3O2/c1-2-31-18-14-12-17(13-15-18)29-24(19-10-6-7-11-20(19)26)21-22(16-8-4-3-5-9-16)27-28-23(21)25(29)30/h3-15,24H,2H2,1H3,(H,27,28)/t24-/m1/s1. The molecule has 3 aromatic carbocycles. The van der Waals surface area contributed by atoms with Gasteiger partial charge >= 0.3 is 0 Å². The predicted molar refractivity (Wildman–Crippen MR) is 122 cm³/mol. The molecule has 1 N–H and O–H groups in total. The summed E-state index contributed by atoms with van der Waals surface area (Å²) in [6, 6.07) is 24.6. The first-order chi connectivity index (χ1) is 15.2. The Kier molecular flexibility index (Phi) is 4.96. The Balaban J connectivity index is 1.69. The summed E-state index contributed by atoms with van der Waals surface area (Å²) in [4.78, 5) is 15.3. The van der Waals surface area contributed by atoms with Crippen LogP contribution in [-0.4, -0.2) is 22.7 Å². The molecule has 154 valence electrons. The zero-order valence-corrected chi connectivity index (χ0v) is 17.6. The Hall–Kier alpha value is -3.57. The Morgan fingerprint density at radius 3 is 2.42 bits per heavy atom. The molecule has 31 heavy (non-hydrogen) atoms.